The van der Waals surface area contributed by atoms with Gasteiger partial charge in [0.05, 0.1) is 12.0 Å². The van der Waals surface area contributed by atoms with Crippen molar-refractivity contribution >= 4 is 21.6 Å². The summed E-state index contributed by atoms with van der Waals surface area (Å²) in [5, 5.41) is 0.442. The van der Waals surface area contributed by atoms with Gasteiger partial charge in [0.2, 0.25) is 22.6 Å². The average molecular weight is 439 g/mol. The van der Waals surface area contributed by atoms with Crippen LogP contribution in [0.15, 0.2) is 35.2 Å². The summed E-state index contributed by atoms with van der Waals surface area (Å²) >= 11 is 6.09. The summed E-state index contributed by atoms with van der Waals surface area (Å²) in [6.45, 7) is 4.10. The molecule has 156 valence electrons. The van der Waals surface area contributed by atoms with Crippen molar-refractivity contribution in [3.63, 3.8) is 0 Å². The van der Waals surface area contributed by atoms with Crippen LogP contribution in [0.5, 0.6) is 17.2 Å². The van der Waals surface area contributed by atoms with Gasteiger partial charge in [-0.1, -0.05) is 17.7 Å². The van der Waals surface area contributed by atoms with Crippen molar-refractivity contribution in [2.24, 2.45) is 0 Å². The Hall–Kier alpha value is -2.00. The third-order valence-corrected chi connectivity index (χ3v) is 7.10. The molecule has 9 heteroatoms. The van der Waals surface area contributed by atoms with Crippen LogP contribution in [0.1, 0.15) is 17.5 Å². The van der Waals surface area contributed by atoms with Gasteiger partial charge in [-0.15, -0.1) is 0 Å². The van der Waals surface area contributed by atoms with Crippen molar-refractivity contribution in [2.75, 3.05) is 27.0 Å². The minimum Gasteiger partial charge on any atom is -0.493 e. The van der Waals surface area contributed by atoms with Gasteiger partial charge in [-0.25, -0.2) is 13.1 Å². The normalized spacial score (nSPS) is 18.9. The van der Waals surface area contributed by atoms with E-state index in [2.05, 4.69) is 9.62 Å². The number of methoxy groups -OCH3 is 1. The molecule has 0 aliphatic carbocycles. The van der Waals surface area contributed by atoms with E-state index in [4.69, 9.17) is 25.8 Å². The summed E-state index contributed by atoms with van der Waals surface area (Å²) in [6, 6.07) is 8.50. The lowest BCUT2D eigenvalue weighted by molar-refractivity contribution is 0.171. The summed E-state index contributed by atoms with van der Waals surface area (Å²) < 4.78 is 44.5. The molecule has 1 fully saturated rings. The zero-order valence-corrected chi connectivity index (χ0v) is 17.8. The maximum Gasteiger partial charge on any atom is 0.240 e. The quantitative estimate of drug-likeness (QED) is 0.747. The van der Waals surface area contributed by atoms with E-state index in [9.17, 15) is 8.42 Å². The smallest absolute Gasteiger partial charge is 0.240 e. The molecule has 0 spiro atoms. The topological polar surface area (TPSA) is 77.1 Å². The number of hydrogen-bond donors (Lipinski definition) is 1. The second kappa shape index (κ2) is 8.02. The highest BCUT2D eigenvalue weighted by molar-refractivity contribution is 7.89. The molecule has 0 bridgehead atoms. The van der Waals surface area contributed by atoms with Gasteiger partial charge in [0.25, 0.3) is 0 Å². The number of nitrogens with one attached hydrogen (secondary N) is 1. The molecule has 1 N–H and O–H groups in total. The van der Waals surface area contributed by atoms with Crippen LogP contribution in [0, 0.1) is 6.92 Å². The largest absolute Gasteiger partial charge is 0.493 e. The predicted octanol–water partition coefficient (Wildman–Crippen LogP) is 2.94. The third-order valence-electron chi connectivity index (χ3n) is 5.17. The molecular formula is C20H23ClN2O5S. The van der Waals surface area contributed by atoms with E-state index in [1.807, 2.05) is 19.1 Å². The van der Waals surface area contributed by atoms with Gasteiger partial charge in [-0.05, 0) is 48.7 Å². The average Bonchev–Trinajstić information content (AvgIpc) is 3.32. The minimum atomic E-state index is -3.62. The van der Waals surface area contributed by atoms with Crippen LogP contribution < -0.4 is 18.9 Å². The Morgan fingerprint density at radius 3 is 2.86 bits per heavy atom. The molecule has 0 aromatic heterocycles. The van der Waals surface area contributed by atoms with Crippen molar-refractivity contribution in [1.82, 2.24) is 9.62 Å². The molecule has 2 aromatic carbocycles. The van der Waals surface area contributed by atoms with Gasteiger partial charge < -0.3 is 14.2 Å². The number of likely N-dealkylation sites (tertiary alicyclic amines) is 1. The second-order valence-corrected chi connectivity index (χ2v) is 9.41. The maximum absolute atomic E-state index is 12.7. The number of halogens is 1. The Morgan fingerprint density at radius 2 is 2.10 bits per heavy atom. The highest BCUT2D eigenvalue weighted by Crippen LogP contribution is 2.42. The molecular weight excluding hydrogens is 416 g/mol. The van der Waals surface area contributed by atoms with E-state index in [0.29, 0.717) is 35.4 Å². The molecule has 0 radical (unpaired) electrons. The van der Waals surface area contributed by atoms with Crippen molar-refractivity contribution in [2.45, 2.75) is 30.8 Å². The summed E-state index contributed by atoms with van der Waals surface area (Å²) in [4.78, 5) is 2.39. The van der Waals surface area contributed by atoms with Gasteiger partial charge in [0, 0.05) is 30.7 Å². The highest BCUT2D eigenvalue weighted by Gasteiger charge is 2.28. The number of fused-ring (bicyclic) bond motifs is 1. The fourth-order valence-corrected chi connectivity index (χ4v) is 5.17. The van der Waals surface area contributed by atoms with Crippen LogP contribution in [0.4, 0.5) is 0 Å². The molecule has 2 aliphatic heterocycles. The molecule has 4 rings (SSSR count). The molecule has 2 aliphatic rings. The molecule has 1 saturated heterocycles. The van der Waals surface area contributed by atoms with E-state index >= 15 is 0 Å². The Morgan fingerprint density at radius 1 is 1.28 bits per heavy atom. The van der Waals surface area contributed by atoms with Crippen molar-refractivity contribution in [1.29, 1.82) is 0 Å². The Kier molecular flexibility index (Phi) is 5.61. The van der Waals surface area contributed by atoms with E-state index in [1.54, 1.807) is 19.2 Å². The minimum absolute atomic E-state index is 0.156. The lowest BCUT2D eigenvalue weighted by Gasteiger charge is -2.18. The Bertz CT molecular complexity index is 1030. The molecule has 2 aromatic rings. The SMILES string of the molecule is COc1cc(CN2CCC(NS(=O)(=O)c3ccc(C)c(Cl)c3)C2)cc2c1OCO2. The molecule has 0 saturated carbocycles. The first kappa shape index (κ1) is 20.3. The fourth-order valence-electron chi connectivity index (χ4n) is 3.63. The number of benzene rings is 2. The van der Waals surface area contributed by atoms with Crippen LogP contribution in [-0.4, -0.2) is 46.4 Å². The van der Waals surface area contributed by atoms with E-state index < -0.39 is 10.0 Å². The van der Waals surface area contributed by atoms with Crippen molar-refractivity contribution in [3.8, 4) is 17.2 Å². The number of aryl methyl sites for hydroxylation is 1. The maximum atomic E-state index is 12.7. The summed E-state index contributed by atoms with van der Waals surface area (Å²) in [7, 11) is -2.02. The summed E-state index contributed by atoms with van der Waals surface area (Å²) in [5.41, 5.74) is 1.87. The van der Waals surface area contributed by atoms with Crippen LogP contribution in [0.25, 0.3) is 0 Å². The zero-order valence-electron chi connectivity index (χ0n) is 16.3. The summed E-state index contributed by atoms with van der Waals surface area (Å²) in [5.74, 6) is 1.94. The zero-order chi connectivity index (χ0) is 20.6. The molecule has 1 atom stereocenters. The standard InChI is InChI=1S/C20H23ClN2O5S/c1-13-3-4-16(9-17(13)21)29(24,25)22-15-5-6-23(11-15)10-14-7-18(26-2)20-19(8-14)27-12-28-20/h3-4,7-9,15,22H,5-6,10-12H2,1-2H3. The highest BCUT2D eigenvalue weighted by atomic mass is 35.5. The van der Waals surface area contributed by atoms with Crippen molar-refractivity contribution < 1.29 is 22.6 Å². The van der Waals surface area contributed by atoms with Crippen LogP contribution in [0.3, 0.4) is 0 Å². The predicted molar refractivity (Wildman–Crippen MR) is 109 cm³/mol. The van der Waals surface area contributed by atoms with Crippen LogP contribution in [0.2, 0.25) is 5.02 Å². The number of nitrogens with zero attached hydrogens (tertiary/aromatic N) is 1. The third kappa shape index (κ3) is 4.30. The fraction of sp³-hybridized carbons (Fsp3) is 0.400. The first-order valence-electron chi connectivity index (χ1n) is 9.33. The molecule has 2 heterocycles. The molecule has 1 unspecified atom stereocenters. The second-order valence-electron chi connectivity index (χ2n) is 7.28. The monoisotopic (exact) mass is 438 g/mol. The van der Waals surface area contributed by atoms with E-state index in [1.165, 1.54) is 6.07 Å². The Labute approximate surface area is 175 Å². The van der Waals surface area contributed by atoms with Gasteiger partial charge in [0.1, 0.15) is 0 Å². The van der Waals surface area contributed by atoms with Gasteiger partial charge >= 0.3 is 0 Å². The number of sulfonamides is 1. The lowest BCUT2D eigenvalue weighted by atomic mass is 10.1. The Balaban J connectivity index is 1.41. The summed E-state index contributed by atoms with van der Waals surface area (Å²) in [6.07, 6.45) is 0.737. The van der Waals surface area contributed by atoms with Gasteiger partial charge in [-0.2, -0.15) is 0 Å². The van der Waals surface area contributed by atoms with E-state index in [0.717, 1.165) is 24.1 Å². The molecule has 29 heavy (non-hydrogen) atoms. The lowest BCUT2D eigenvalue weighted by Crippen LogP contribution is -2.37. The first-order valence-corrected chi connectivity index (χ1v) is 11.2. The number of rotatable bonds is 6. The molecule has 0 amide bonds. The first-order chi connectivity index (χ1) is 13.9. The van der Waals surface area contributed by atoms with Gasteiger partial charge in [-0.3, -0.25) is 4.90 Å². The number of ether oxygens (including phenoxy) is 3. The molecule has 7 nitrogen and oxygen atoms in total. The van der Waals surface area contributed by atoms with Crippen LogP contribution >= 0.6 is 11.6 Å². The van der Waals surface area contributed by atoms with E-state index in [-0.39, 0.29) is 17.7 Å². The van der Waals surface area contributed by atoms with Crippen LogP contribution in [-0.2, 0) is 16.6 Å². The number of hydrogen-bond acceptors (Lipinski definition) is 6. The van der Waals surface area contributed by atoms with Gasteiger partial charge in [0.15, 0.2) is 11.5 Å². The van der Waals surface area contributed by atoms with Crippen molar-refractivity contribution in [3.05, 3.63) is 46.5 Å².